The Morgan fingerprint density at radius 3 is 2.58 bits per heavy atom. The molecule has 1 amide bonds. The number of rotatable bonds is 3. The van der Waals surface area contributed by atoms with Gasteiger partial charge in [-0.2, -0.15) is 0 Å². The molecule has 19 heavy (non-hydrogen) atoms. The van der Waals surface area contributed by atoms with Crippen molar-refractivity contribution in [3.8, 4) is 0 Å². The molecule has 3 nitrogen and oxygen atoms in total. The van der Waals surface area contributed by atoms with Crippen LogP contribution >= 0.6 is 12.4 Å². The maximum atomic E-state index is 12.3. The van der Waals surface area contributed by atoms with E-state index in [-0.39, 0.29) is 18.4 Å². The summed E-state index contributed by atoms with van der Waals surface area (Å²) >= 11 is 0. The molecule has 112 valence electrons. The number of hydrogen-bond acceptors (Lipinski definition) is 2. The molecule has 2 rings (SSSR count). The second-order valence-electron chi connectivity index (χ2n) is 6.14. The summed E-state index contributed by atoms with van der Waals surface area (Å²) in [6.07, 6.45) is 9.09. The van der Waals surface area contributed by atoms with Crippen molar-refractivity contribution in [3.05, 3.63) is 0 Å². The highest BCUT2D eigenvalue weighted by Crippen LogP contribution is 2.28. The van der Waals surface area contributed by atoms with Gasteiger partial charge < -0.3 is 10.6 Å². The Labute approximate surface area is 123 Å². The number of carbonyl (C=O) groups is 1. The van der Waals surface area contributed by atoms with Crippen LogP contribution < -0.4 is 5.73 Å². The van der Waals surface area contributed by atoms with Crippen LogP contribution in [0.4, 0.5) is 0 Å². The molecule has 1 aliphatic carbocycles. The number of amides is 1. The Balaban J connectivity index is 0.00000180. The zero-order valence-corrected chi connectivity index (χ0v) is 13.0. The fourth-order valence-electron chi connectivity index (χ4n) is 3.50. The molecule has 1 aliphatic heterocycles. The molecular weight excluding hydrogens is 260 g/mol. The minimum absolute atomic E-state index is 0. The third kappa shape index (κ3) is 4.64. The summed E-state index contributed by atoms with van der Waals surface area (Å²) in [6, 6.07) is 0.268. The summed E-state index contributed by atoms with van der Waals surface area (Å²) in [7, 11) is 0. The Morgan fingerprint density at radius 1 is 1.16 bits per heavy atom. The normalized spacial score (nSPS) is 31.7. The lowest BCUT2D eigenvalue weighted by molar-refractivity contribution is -0.132. The molecule has 0 aromatic carbocycles. The van der Waals surface area contributed by atoms with E-state index in [9.17, 15) is 4.79 Å². The van der Waals surface area contributed by atoms with Gasteiger partial charge in [0.25, 0.3) is 0 Å². The van der Waals surface area contributed by atoms with E-state index in [4.69, 9.17) is 5.73 Å². The molecule has 4 heteroatoms. The van der Waals surface area contributed by atoms with Gasteiger partial charge in [0.1, 0.15) is 0 Å². The number of nitrogens with zero attached hydrogens (tertiary/aromatic N) is 1. The number of carbonyl (C=O) groups excluding carboxylic acids is 1. The quantitative estimate of drug-likeness (QED) is 0.868. The van der Waals surface area contributed by atoms with Gasteiger partial charge in [0, 0.05) is 25.6 Å². The van der Waals surface area contributed by atoms with Gasteiger partial charge in [-0.25, -0.2) is 0 Å². The van der Waals surface area contributed by atoms with Gasteiger partial charge in [-0.3, -0.25) is 4.79 Å². The largest absolute Gasteiger partial charge is 0.343 e. The third-order valence-electron chi connectivity index (χ3n) is 4.93. The molecule has 1 unspecified atom stereocenters. The SMILES string of the molecule is CCC1CCCN(C(=O)C[C@@H]2CCC[C@H]2N)CC1.Cl. The van der Waals surface area contributed by atoms with E-state index >= 15 is 0 Å². The van der Waals surface area contributed by atoms with E-state index in [1.807, 2.05) is 0 Å². The summed E-state index contributed by atoms with van der Waals surface area (Å²) in [4.78, 5) is 14.4. The molecule has 1 heterocycles. The fourth-order valence-corrected chi connectivity index (χ4v) is 3.50. The van der Waals surface area contributed by atoms with Crippen molar-refractivity contribution in [1.82, 2.24) is 4.90 Å². The number of likely N-dealkylation sites (tertiary alicyclic amines) is 1. The average molecular weight is 289 g/mol. The lowest BCUT2D eigenvalue weighted by Crippen LogP contribution is -2.36. The average Bonchev–Trinajstić information content (AvgIpc) is 2.66. The highest BCUT2D eigenvalue weighted by Gasteiger charge is 2.28. The Bertz CT molecular complexity index is 285. The molecule has 0 radical (unpaired) electrons. The summed E-state index contributed by atoms with van der Waals surface area (Å²) in [5.74, 6) is 1.63. The Morgan fingerprint density at radius 2 is 1.95 bits per heavy atom. The van der Waals surface area contributed by atoms with Crippen LogP contribution in [0, 0.1) is 11.8 Å². The Kier molecular flexibility index (Phi) is 7.16. The zero-order chi connectivity index (χ0) is 13.0. The van der Waals surface area contributed by atoms with Crippen LogP contribution in [0.15, 0.2) is 0 Å². The standard InChI is InChI=1S/C15H28N2O.ClH/c1-2-12-5-4-9-17(10-8-12)15(18)11-13-6-3-7-14(13)16;/h12-14H,2-11,16H2,1H3;1H/t12?,13-,14+;/m0./s1. The van der Waals surface area contributed by atoms with E-state index in [1.165, 1.54) is 32.1 Å². The second kappa shape index (κ2) is 8.11. The first-order valence-corrected chi connectivity index (χ1v) is 7.74. The number of hydrogen-bond donors (Lipinski definition) is 1. The van der Waals surface area contributed by atoms with Crippen molar-refractivity contribution in [2.75, 3.05) is 13.1 Å². The van der Waals surface area contributed by atoms with Crippen molar-refractivity contribution in [2.24, 2.45) is 17.6 Å². The predicted molar refractivity (Wildman–Crippen MR) is 81.4 cm³/mol. The summed E-state index contributed by atoms with van der Waals surface area (Å²) in [5, 5.41) is 0. The van der Waals surface area contributed by atoms with Gasteiger partial charge in [-0.15, -0.1) is 12.4 Å². The molecule has 1 saturated heterocycles. The van der Waals surface area contributed by atoms with E-state index in [0.717, 1.165) is 31.8 Å². The van der Waals surface area contributed by atoms with E-state index in [0.29, 0.717) is 18.2 Å². The smallest absolute Gasteiger partial charge is 0.222 e. The fraction of sp³-hybridized carbons (Fsp3) is 0.933. The molecule has 0 aromatic rings. The second-order valence-corrected chi connectivity index (χ2v) is 6.14. The highest BCUT2D eigenvalue weighted by molar-refractivity contribution is 5.85. The molecule has 1 saturated carbocycles. The van der Waals surface area contributed by atoms with Crippen LogP contribution in [0.2, 0.25) is 0 Å². The van der Waals surface area contributed by atoms with Crippen LogP contribution in [0.5, 0.6) is 0 Å². The van der Waals surface area contributed by atoms with E-state index in [2.05, 4.69) is 11.8 Å². The minimum Gasteiger partial charge on any atom is -0.343 e. The van der Waals surface area contributed by atoms with Gasteiger partial charge in [0.2, 0.25) is 5.91 Å². The number of nitrogens with two attached hydrogens (primary N) is 1. The van der Waals surface area contributed by atoms with Gasteiger partial charge in [-0.1, -0.05) is 19.8 Å². The predicted octanol–water partition coefficient (Wildman–Crippen LogP) is 2.96. The molecule has 2 fully saturated rings. The van der Waals surface area contributed by atoms with Crippen LogP contribution in [0.25, 0.3) is 0 Å². The Hall–Kier alpha value is -0.280. The molecule has 0 spiro atoms. The molecule has 2 aliphatic rings. The van der Waals surface area contributed by atoms with Crippen molar-refractivity contribution in [1.29, 1.82) is 0 Å². The zero-order valence-electron chi connectivity index (χ0n) is 12.1. The summed E-state index contributed by atoms with van der Waals surface area (Å²) in [6.45, 7) is 4.20. The number of halogens is 1. The van der Waals surface area contributed by atoms with E-state index < -0.39 is 0 Å². The lowest BCUT2D eigenvalue weighted by atomic mass is 9.98. The molecule has 2 N–H and O–H groups in total. The minimum atomic E-state index is 0. The van der Waals surface area contributed by atoms with Crippen LogP contribution in [-0.4, -0.2) is 29.9 Å². The monoisotopic (exact) mass is 288 g/mol. The van der Waals surface area contributed by atoms with Crippen molar-refractivity contribution < 1.29 is 4.79 Å². The third-order valence-corrected chi connectivity index (χ3v) is 4.93. The molecule has 0 aromatic heterocycles. The maximum Gasteiger partial charge on any atom is 0.222 e. The topological polar surface area (TPSA) is 46.3 Å². The van der Waals surface area contributed by atoms with Crippen molar-refractivity contribution >= 4 is 18.3 Å². The van der Waals surface area contributed by atoms with Crippen LogP contribution in [0.3, 0.4) is 0 Å². The van der Waals surface area contributed by atoms with Gasteiger partial charge >= 0.3 is 0 Å². The van der Waals surface area contributed by atoms with Gasteiger partial charge in [0.05, 0.1) is 0 Å². The lowest BCUT2D eigenvalue weighted by Gasteiger charge is -2.23. The summed E-state index contributed by atoms with van der Waals surface area (Å²) < 4.78 is 0. The summed E-state index contributed by atoms with van der Waals surface area (Å²) in [5.41, 5.74) is 6.06. The maximum absolute atomic E-state index is 12.3. The molecular formula is C15H29ClN2O. The van der Waals surface area contributed by atoms with Crippen LogP contribution in [-0.2, 0) is 4.79 Å². The van der Waals surface area contributed by atoms with Gasteiger partial charge in [-0.05, 0) is 43.9 Å². The van der Waals surface area contributed by atoms with Crippen molar-refractivity contribution in [2.45, 2.75) is 64.3 Å². The highest BCUT2D eigenvalue weighted by atomic mass is 35.5. The molecule has 0 bridgehead atoms. The van der Waals surface area contributed by atoms with Crippen LogP contribution in [0.1, 0.15) is 58.3 Å². The first-order valence-electron chi connectivity index (χ1n) is 7.74. The van der Waals surface area contributed by atoms with Crippen molar-refractivity contribution in [3.63, 3.8) is 0 Å². The van der Waals surface area contributed by atoms with Gasteiger partial charge in [0.15, 0.2) is 0 Å². The first-order chi connectivity index (χ1) is 8.70. The first kappa shape index (κ1) is 16.8. The molecule has 3 atom stereocenters. The van der Waals surface area contributed by atoms with E-state index in [1.54, 1.807) is 0 Å².